The summed E-state index contributed by atoms with van der Waals surface area (Å²) in [5, 5.41) is 3.52. The Labute approximate surface area is 185 Å². The zero-order valence-corrected chi connectivity index (χ0v) is 17.9. The van der Waals surface area contributed by atoms with Gasteiger partial charge in [-0.25, -0.2) is 0 Å². The summed E-state index contributed by atoms with van der Waals surface area (Å²) in [6, 6.07) is 15.7. The zero-order valence-electron chi connectivity index (χ0n) is 17.9. The van der Waals surface area contributed by atoms with E-state index in [1.165, 1.54) is 6.08 Å². The van der Waals surface area contributed by atoms with Crippen molar-refractivity contribution in [2.24, 2.45) is 0 Å². The van der Waals surface area contributed by atoms with Crippen LogP contribution in [0.1, 0.15) is 35.2 Å². The zero-order chi connectivity index (χ0) is 22.5. The molecule has 1 aliphatic heterocycles. The van der Waals surface area contributed by atoms with E-state index in [2.05, 4.69) is 10.3 Å². The van der Waals surface area contributed by atoms with Crippen LogP contribution in [-0.4, -0.2) is 41.9 Å². The van der Waals surface area contributed by atoms with E-state index >= 15 is 0 Å². The Morgan fingerprint density at radius 1 is 1.03 bits per heavy atom. The van der Waals surface area contributed by atoms with E-state index in [0.717, 1.165) is 24.6 Å². The molecule has 7 heteroatoms. The molecule has 0 atom stereocenters. The van der Waals surface area contributed by atoms with Crippen molar-refractivity contribution in [3.05, 3.63) is 81.8 Å². The van der Waals surface area contributed by atoms with Gasteiger partial charge in [0.05, 0.1) is 12.6 Å². The molecule has 0 bridgehead atoms. The molecule has 2 aromatic carbocycles. The summed E-state index contributed by atoms with van der Waals surface area (Å²) in [5.74, 6) is -0.0556. The largest absolute Gasteiger partial charge is 0.497 e. The number of piperidine rings is 1. The molecule has 1 aliphatic rings. The summed E-state index contributed by atoms with van der Waals surface area (Å²) < 4.78 is 5.21. The number of pyridine rings is 1. The van der Waals surface area contributed by atoms with Crippen molar-refractivity contribution in [1.82, 2.24) is 15.2 Å². The van der Waals surface area contributed by atoms with Crippen LogP contribution in [0, 0.1) is 0 Å². The maximum Gasteiger partial charge on any atom is 0.270 e. The van der Waals surface area contributed by atoms with Crippen molar-refractivity contribution in [3.8, 4) is 5.75 Å². The fourth-order valence-electron chi connectivity index (χ4n) is 3.79. The van der Waals surface area contributed by atoms with Crippen molar-refractivity contribution in [3.63, 3.8) is 0 Å². The van der Waals surface area contributed by atoms with Gasteiger partial charge in [0.25, 0.3) is 17.4 Å². The minimum absolute atomic E-state index is 0.0825. The molecule has 0 saturated carbocycles. The van der Waals surface area contributed by atoms with E-state index in [9.17, 15) is 14.4 Å². The molecule has 1 aromatic heterocycles. The first-order valence-corrected chi connectivity index (χ1v) is 10.6. The van der Waals surface area contributed by atoms with E-state index in [4.69, 9.17) is 4.74 Å². The molecule has 0 unspecified atom stereocenters. The monoisotopic (exact) mass is 431 g/mol. The number of rotatable bonds is 5. The second-order valence-corrected chi connectivity index (χ2v) is 7.74. The number of fused-ring (bicyclic) bond motifs is 1. The van der Waals surface area contributed by atoms with Gasteiger partial charge in [0.1, 0.15) is 11.4 Å². The van der Waals surface area contributed by atoms with E-state index < -0.39 is 5.91 Å². The molecule has 7 nitrogen and oxygen atoms in total. The highest BCUT2D eigenvalue weighted by Crippen LogP contribution is 2.20. The van der Waals surface area contributed by atoms with Crippen LogP contribution in [0.4, 0.5) is 0 Å². The predicted octanol–water partition coefficient (Wildman–Crippen LogP) is 3.32. The number of nitrogens with one attached hydrogen (secondary N) is 2. The summed E-state index contributed by atoms with van der Waals surface area (Å²) in [5.41, 5.74) is 1.08. The van der Waals surface area contributed by atoms with Gasteiger partial charge in [0.15, 0.2) is 0 Å². The van der Waals surface area contributed by atoms with Crippen molar-refractivity contribution >= 4 is 28.8 Å². The standard InChI is InChI=1S/C25H25N3O4/c1-32-20-11-10-18-14-19(24(30)26-21(18)16-20)15-22(25(31)28-12-6-3-7-13-28)27-23(29)17-8-4-2-5-9-17/h2,4-5,8-11,14-16H,3,6-7,12-13H2,1H3,(H,26,30)(H,27,29). The molecule has 3 aromatic rings. The number of H-pyrrole nitrogens is 1. The molecular formula is C25H25N3O4. The third-order valence-corrected chi connectivity index (χ3v) is 5.54. The van der Waals surface area contributed by atoms with Crippen LogP contribution < -0.4 is 15.6 Å². The molecule has 164 valence electrons. The first-order valence-electron chi connectivity index (χ1n) is 10.6. The van der Waals surface area contributed by atoms with Crippen molar-refractivity contribution in [1.29, 1.82) is 0 Å². The highest BCUT2D eigenvalue weighted by Gasteiger charge is 2.23. The first-order chi connectivity index (χ1) is 15.5. The second kappa shape index (κ2) is 9.51. The quantitative estimate of drug-likeness (QED) is 0.607. The molecule has 0 radical (unpaired) electrons. The van der Waals surface area contributed by atoms with Crippen molar-refractivity contribution in [2.75, 3.05) is 20.2 Å². The van der Waals surface area contributed by atoms with E-state index in [-0.39, 0.29) is 22.7 Å². The third-order valence-electron chi connectivity index (χ3n) is 5.54. The topological polar surface area (TPSA) is 91.5 Å². The Morgan fingerprint density at radius 2 is 1.78 bits per heavy atom. The summed E-state index contributed by atoms with van der Waals surface area (Å²) in [7, 11) is 1.56. The summed E-state index contributed by atoms with van der Waals surface area (Å²) in [6.45, 7) is 1.26. The number of benzene rings is 2. The van der Waals surface area contributed by atoms with Crippen molar-refractivity contribution in [2.45, 2.75) is 19.3 Å². The predicted molar refractivity (Wildman–Crippen MR) is 123 cm³/mol. The molecule has 1 fully saturated rings. The van der Waals surface area contributed by atoms with Crippen LogP contribution in [0.3, 0.4) is 0 Å². The average molecular weight is 431 g/mol. The van der Waals surface area contributed by atoms with Crippen LogP contribution in [0.25, 0.3) is 17.0 Å². The van der Waals surface area contributed by atoms with Gasteiger partial charge in [-0.2, -0.15) is 0 Å². The Bertz CT molecular complexity index is 1220. The number of likely N-dealkylation sites (tertiary alicyclic amines) is 1. The number of aromatic nitrogens is 1. The van der Waals surface area contributed by atoms with Gasteiger partial charge in [0, 0.05) is 30.3 Å². The Balaban J connectivity index is 1.72. The molecule has 32 heavy (non-hydrogen) atoms. The van der Waals surface area contributed by atoms with Crippen LogP contribution in [0.15, 0.2) is 65.1 Å². The maximum atomic E-state index is 13.2. The Kier molecular flexibility index (Phi) is 6.35. The highest BCUT2D eigenvalue weighted by molar-refractivity contribution is 6.05. The Morgan fingerprint density at radius 3 is 2.50 bits per heavy atom. The molecular weight excluding hydrogens is 406 g/mol. The minimum Gasteiger partial charge on any atom is -0.497 e. The van der Waals surface area contributed by atoms with Gasteiger partial charge in [-0.15, -0.1) is 0 Å². The van der Waals surface area contributed by atoms with Gasteiger partial charge >= 0.3 is 0 Å². The minimum atomic E-state index is -0.399. The van der Waals surface area contributed by atoms with E-state index in [1.807, 2.05) is 12.1 Å². The summed E-state index contributed by atoms with van der Waals surface area (Å²) >= 11 is 0. The van der Waals surface area contributed by atoms with Gasteiger partial charge in [-0.3, -0.25) is 14.4 Å². The van der Waals surface area contributed by atoms with Crippen LogP contribution >= 0.6 is 0 Å². The van der Waals surface area contributed by atoms with Gasteiger partial charge in [0.2, 0.25) is 0 Å². The highest BCUT2D eigenvalue weighted by atomic mass is 16.5. The van der Waals surface area contributed by atoms with Gasteiger partial charge in [-0.05, 0) is 61.1 Å². The van der Waals surface area contributed by atoms with Gasteiger partial charge in [-0.1, -0.05) is 18.2 Å². The summed E-state index contributed by atoms with van der Waals surface area (Å²) in [4.78, 5) is 43.3. The molecule has 2 N–H and O–H groups in total. The van der Waals surface area contributed by atoms with Crippen molar-refractivity contribution < 1.29 is 14.3 Å². The number of carbonyl (C=O) groups is 2. The molecule has 1 saturated heterocycles. The molecule has 2 amide bonds. The number of carbonyl (C=O) groups excluding carboxylic acids is 2. The fourth-order valence-corrected chi connectivity index (χ4v) is 3.79. The first kappa shape index (κ1) is 21.4. The van der Waals surface area contributed by atoms with E-state index in [0.29, 0.717) is 29.9 Å². The number of amides is 2. The molecule has 4 rings (SSSR count). The lowest BCUT2D eigenvalue weighted by molar-refractivity contribution is -0.128. The molecule has 2 heterocycles. The van der Waals surface area contributed by atoms with Crippen LogP contribution in [0.5, 0.6) is 5.75 Å². The number of hydrogen-bond acceptors (Lipinski definition) is 4. The van der Waals surface area contributed by atoms with Gasteiger partial charge < -0.3 is 19.9 Å². The average Bonchev–Trinajstić information content (AvgIpc) is 2.84. The number of nitrogens with zero attached hydrogens (tertiary/aromatic N) is 1. The van der Waals surface area contributed by atoms with Crippen LogP contribution in [0.2, 0.25) is 0 Å². The molecule has 0 spiro atoms. The molecule has 0 aliphatic carbocycles. The lowest BCUT2D eigenvalue weighted by Gasteiger charge is -2.27. The maximum absolute atomic E-state index is 13.2. The summed E-state index contributed by atoms with van der Waals surface area (Å²) in [6.07, 6.45) is 4.38. The lowest BCUT2D eigenvalue weighted by atomic mass is 10.1. The third kappa shape index (κ3) is 4.72. The number of hydrogen-bond donors (Lipinski definition) is 2. The lowest BCUT2D eigenvalue weighted by Crippen LogP contribution is -2.41. The number of aromatic amines is 1. The van der Waals surface area contributed by atoms with E-state index in [1.54, 1.807) is 54.5 Å². The SMILES string of the molecule is COc1ccc2cc(C=C(NC(=O)c3ccccc3)C(=O)N3CCCCC3)c(=O)[nH]c2c1. The fraction of sp³-hybridized carbons (Fsp3) is 0.240. The Hall–Kier alpha value is -3.87. The number of ether oxygens (including phenoxy) is 1. The van der Waals surface area contributed by atoms with Crippen LogP contribution in [-0.2, 0) is 4.79 Å². The second-order valence-electron chi connectivity index (χ2n) is 7.74. The smallest absolute Gasteiger partial charge is 0.270 e. The normalized spacial score (nSPS) is 14.3. The number of methoxy groups -OCH3 is 1.